The number of hydrogen-bond acceptors (Lipinski definition) is 1. The topological polar surface area (TPSA) is 26.0 Å². The quantitative estimate of drug-likeness (QED) is 0.816. The molecule has 0 radical (unpaired) electrons. The monoisotopic (exact) mass is 293 g/mol. The van der Waals surface area contributed by atoms with Crippen LogP contribution >= 0.6 is 35.6 Å². The minimum absolute atomic E-state index is 0. The fourth-order valence-corrected chi connectivity index (χ4v) is 2.96. The molecule has 0 bridgehead atoms. The van der Waals surface area contributed by atoms with Gasteiger partial charge in [0.25, 0.3) is 0 Å². The van der Waals surface area contributed by atoms with Crippen molar-refractivity contribution >= 4 is 35.6 Å². The van der Waals surface area contributed by atoms with E-state index in [2.05, 4.69) is 0 Å². The molecule has 1 fully saturated rings. The summed E-state index contributed by atoms with van der Waals surface area (Å²) in [4.78, 5) is 0. The lowest BCUT2D eigenvalue weighted by molar-refractivity contribution is 0.308. The van der Waals surface area contributed by atoms with Gasteiger partial charge in [0.05, 0.1) is 10.0 Å². The van der Waals surface area contributed by atoms with Crippen molar-refractivity contribution in [3.8, 4) is 0 Å². The van der Waals surface area contributed by atoms with Gasteiger partial charge in [0.15, 0.2) is 0 Å². The molecule has 2 rings (SSSR count). The molecular formula is C13H18Cl3N. The van der Waals surface area contributed by atoms with E-state index in [1.54, 1.807) is 6.07 Å². The van der Waals surface area contributed by atoms with Crippen molar-refractivity contribution in [2.45, 2.75) is 38.1 Å². The Labute approximate surface area is 119 Å². The zero-order valence-electron chi connectivity index (χ0n) is 9.66. The first kappa shape index (κ1) is 15.1. The number of benzene rings is 1. The zero-order valence-corrected chi connectivity index (χ0v) is 12.0. The van der Waals surface area contributed by atoms with Crippen LogP contribution in [0.1, 0.15) is 43.7 Å². The first-order valence-corrected chi connectivity index (χ1v) is 6.65. The van der Waals surface area contributed by atoms with Crippen LogP contribution in [0.4, 0.5) is 0 Å². The minimum atomic E-state index is 0. The average Bonchev–Trinajstić information content (AvgIpc) is 2.33. The molecule has 1 saturated carbocycles. The van der Waals surface area contributed by atoms with Crippen LogP contribution in [-0.2, 0) is 0 Å². The van der Waals surface area contributed by atoms with Crippen LogP contribution in [0.3, 0.4) is 0 Å². The summed E-state index contributed by atoms with van der Waals surface area (Å²) in [7, 11) is 0. The van der Waals surface area contributed by atoms with Gasteiger partial charge < -0.3 is 5.73 Å². The lowest BCUT2D eigenvalue weighted by Crippen LogP contribution is -2.23. The molecule has 1 aliphatic carbocycles. The van der Waals surface area contributed by atoms with Crippen LogP contribution in [-0.4, -0.2) is 0 Å². The molecular weight excluding hydrogens is 277 g/mol. The Hall–Kier alpha value is 0.0500. The molecule has 1 aliphatic rings. The molecule has 1 atom stereocenters. The lowest BCUT2D eigenvalue weighted by Gasteiger charge is -2.28. The molecule has 2 N–H and O–H groups in total. The van der Waals surface area contributed by atoms with Crippen molar-refractivity contribution in [1.82, 2.24) is 0 Å². The van der Waals surface area contributed by atoms with Crippen LogP contribution in [0, 0.1) is 5.92 Å². The van der Waals surface area contributed by atoms with Crippen molar-refractivity contribution in [2.24, 2.45) is 11.7 Å². The summed E-state index contributed by atoms with van der Waals surface area (Å²) in [6.07, 6.45) is 6.34. The lowest BCUT2D eigenvalue weighted by atomic mass is 9.81. The largest absolute Gasteiger partial charge is 0.324 e. The van der Waals surface area contributed by atoms with E-state index in [1.165, 1.54) is 32.1 Å². The van der Waals surface area contributed by atoms with Crippen molar-refractivity contribution in [2.75, 3.05) is 0 Å². The van der Waals surface area contributed by atoms with Gasteiger partial charge in [-0.2, -0.15) is 0 Å². The van der Waals surface area contributed by atoms with E-state index in [-0.39, 0.29) is 18.4 Å². The maximum absolute atomic E-state index is 6.30. The van der Waals surface area contributed by atoms with Gasteiger partial charge in [-0.25, -0.2) is 0 Å². The van der Waals surface area contributed by atoms with Crippen LogP contribution in [0.15, 0.2) is 18.2 Å². The second kappa shape index (κ2) is 6.84. The molecule has 0 aromatic heterocycles. The standard InChI is InChI=1S/C13H17Cl2N.ClH/c14-11-8-4-7-10(12(11)15)13(16)9-5-2-1-3-6-9;/h4,7-9,13H,1-3,5-6,16H2;1H/t13-;/m0./s1. The summed E-state index contributed by atoms with van der Waals surface area (Å²) in [6, 6.07) is 5.76. The third-order valence-corrected chi connectivity index (χ3v) is 4.33. The molecule has 0 aliphatic heterocycles. The number of halogens is 3. The highest BCUT2D eigenvalue weighted by Gasteiger charge is 2.23. The average molecular weight is 295 g/mol. The van der Waals surface area contributed by atoms with Crippen LogP contribution < -0.4 is 5.73 Å². The third kappa shape index (κ3) is 3.51. The molecule has 17 heavy (non-hydrogen) atoms. The summed E-state index contributed by atoms with van der Waals surface area (Å²) in [5, 5.41) is 1.23. The molecule has 0 saturated heterocycles. The first-order chi connectivity index (χ1) is 7.70. The van der Waals surface area contributed by atoms with Gasteiger partial charge in [-0.15, -0.1) is 12.4 Å². The van der Waals surface area contributed by atoms with Gasteiger partial charge in [0, 0.05) is 6.04 Å². The van der Waals surface area contributed by atoms with Crippen LogP contribution in [0.25, 0.3) is 0 Å². The van der Waals surface area contributed by atoms with Crippen molar-refractivity contribution in [1.29, 1.82) is 0 Å². The third-order valence-electron chi connectivity index (χ3n) is 3.50. The molecule has 0 heterocycles. The Morgan fingerprint density at radius 3 is 2.41 bits per heavy atom. The molecule has 4 heteroatoms. The highest BCUT2D eigenvalue weighted by Crippen LogP contribution is 2.37. The van der Waals surface area contributed by atoms with Gasteiger partial charge in [-0.3, -0.25) is 0 Å². The van der Waals surface area contributed by atoms with E-state index in [0.29, 0.717) is 16.0 Å². The summed E-state index contributed by atoms with van der Waals surface area (Å²) >= 11 is 12.2. The maximum Gasteiger partial charge on any atom is 0.0640 e. The summed E-state index contributed by atoms with van der Waals surface area (Å²) < 4.78 is 0. The van der Waals surface area contributed by atoms with Gasteiger partial charge in [-0.05, 0) is 30.4 Å². The fourth-order valence-electron chi connectivity index (χ4n) is 2.53. The zero-order chi connectivity index (χ0) is 11.5. The van der Waals surface area contributed by atoms with Crippen LogP contribution in [0.2, 0.25) is 10.0 Å². The molecule has 1 aromatic rings. The predicted molar refractivity (Wildman–Crippen MR) is 77.2 cm³/mol. The normalized spacial score (nSPS) is 18.5. The molecule has 0 spiro atoms. The van der Waals surface area contributed by atoms with Crippen molar-refractivity contribution in [3.05, 3.63) is 33.8 Å². The fraction of sp³-hybridized carbons (Fsp3) is 0.538. The summed E-state index contributed by atoms with van der Waals surface area (Å²) in [5.74, 6) is 0.560. The highest BCUT2D eigenvalue weighted by molar-refractivity contribution is 6.42. The van der Waals surface area contributed by atoms with Gasteiger partial charge in [0.1, 0.15) is 0 Å². The second-order valence-electron chi connectivity index (χ2n) is 4.57. The van der Waals surface area contributed by atoms with E-state index in [1.807, 2.05) is 12.1 Å². The summed E-state index contributed by atoms with van der Waals surface area (Å²) in [5.41, 5.74) is 7.30. The van der Waals surface area contributed by atoms with E-state index in [4.69, 9.17) is 28.9 Å². The van der Waals surface area contributed by atoms with Crippen molar-refractivity contribution < 1.29 is 0 Å². The van der Waals surface area contributed by atoms with Gasteiger partial charge in [-0.1, -0.05) is 54.6 Å². The van der Waals surface area contributed by atoms with E-state index in [9.17, 15) is 0 Å². The Balaban J connectivity index is 0.00000144. The van der Waals surface area contributed by atoms with E-state index < -0.39 is 0 Å². The Morgan fingerprint density at radius 1 is 1.12 bits per heavy atom. The first-order valence-electron chi connectivity index (χ1n) is 5.89. The molecule has 0 amide bonds. The highest BCUT2D eigenvalue weighted by atomic mass is 35.5. The minimum Gasteiger partial charge on any atom is -0.324 e. The maximum atomic E-state index is 6.30. The van der Waals surface area contributed by atoms with Crippen molar-refractivity contribution in [3.63, 3.8) is 0 Å². The van der Waals surface area contributed by atoms with E-state index in [0.717, 1.165) is 5.56 Å². The number of nitrogens with two attached hydrogens (primary N) is 1. The number of hydrogen-bond donors (Lipinski definition) is 1. The number of rotatable bonds is 2. The molecule has 0 unspecified atom stereocenters. The van der Waals surface area contributed by atoms with Gasteiger partial charge >= 0.3 is 0 Å². The SMILES string of the molecule is Cl.N[C@H](c1cccc(Cl)c1Cl)C1CCCCC1. The molecule has 1 aromatic carbocycles. The second-order valence-corrected chi connectivity index (χ2v) is 5.35. The predicted octanol–water partition coefficient (Wildman–Crippen LogP) is 5.00. The van der Waals surface area contributed by atoms with E-state index >= 15 is 0 Å². The Bertz CT molecular complexity index is 362. The molecule has 1 nitrogen and oxygen atoms in total. The van der Waals surface area contributed by atoms with Gasteiger partial charge in [0.2, 0.25) is 0 Å². The Kier molecular flexibility index (Phi) is 6.08. The Morgan fingerprint density at radius 2 is 1.76 bits per heavy atom. The van der Waals surface area contributed by atoms with Crippen LogP contribution in [0.5, 0.6) is 0 Å². The smallest absolute Gasteiger partial charge is 0.0640 e. The molecule has 96 valence electrons. The summed E-state index contributed by atoms with van der Waals surface area (Å²) in [6.45, 7) is 0.